The second kappa shape index (κ2) is 8.07. The molecule has 8 nitrogen and oxygen atoms in total. The van der Waals surface area contributed by atoms with E-state index in [4.69, 9.17) is 9.47 Å². The molecule has 0 spiro atoms. The van der Waals surface area contributed by atoms with Gasteiger partial charge in [0.05, 0.1) is 43.2 Å². The summed E-state index contributed by atoms with van der Waals surface area (Å²) in [6, 6.07) is 14.5. The fourth-order valence-corrected chi connectivity index (χ4v) is 5.88. The summed E-state index contributed by atoms with van der Waals surface area (Å²) in [5, 5.41) is 4.66. The average molecular weight is 454 g/mol. The summed E-state index contributed by atoms with van der Waals surface area (Å²) in [6.07, 6.45) is 0. The van der Waals surface area contributed by atoms with Gasteiger partial charge in [0.2, 0.25) is 0 Å². The van der Waals surface area contributed by atoms with Gasteiger partial charge in [0.1, 0.15) is 5.75 Å². The zero-order valence-electron chi connectivity index (χ0n) is 17.7. The minimum atomic E-state index is -3.58. The van der Waals surface area contributed by atoms with Crippen LogP contribution in [0.3, 0.4) is 0 Å². The van der Waals surface area contributed by atoms with Gasteiger partial charge in [-0.15, -0.1) is 0 Å². The molecule has 5 rings (SSSR count). The quantitative estimate of drug-likeness (QED) is 0.602. The van der Waals surface area contributed by atoms with Crippen molar-refractivity contribution < 1.29 is 22.7 Å². The molecule has 0 radical (unpaired) electrons. The molecule has 1 aromatic heterocycles. The van der Waals surface area contributed by atoms with Crippen molar-refractivity contribution in [3.63, 3.8) is 0 Å². The van der Waals surface area contributed by atoms with Crippen LogP contribution < -0.4 is 4.74 Å². The van der Waals surface area contributed by atoms with E-state index in [-0.39, 0.29) is 22.2 Å². The molecule has 32 heavy (non-hydrogen) atoms. The number of rotatable bonds is 4. The van der Waals surface area contributed by atoms with Crippen molar-refractivity contribution in [2.24, 2.45) is 0 Å². The van der Waals surface area contributed by atoms with Crippen LogP contribution in [0.1, 0.15) is 21.6 Å². The van der Waals surface area contributed by atoms with E-state index in [0.717, 1.165) is 11.3 Å². The van der Waals surface area contributed by atoms with Gasteiger partial charge in [-0.2, -0.15) is 5.10 Å². The average Bonchev–Trinajstić information content (AvgIpc) is 3.16. The molecule has 1 amide bonds. The third-order valence-corrected chi connectivity index (χ3v) is 7.52. The van der Waals surface area contributed by atoms with Gasteiger partial charge < -0.3 is 14.4 Å². The highest BCUT2D eigenvalue weighted by atomic mass is 32.2. The molecule has 0 atom stereocenters. The summed E-state index contributed by atoms with van der Waals surface area (Å²) < 4.78 is 38.5. The monoisotopic (exact) mass is 453 g/mol. The van der Waals surface area contributed by atoms with E-state index >= 15 is 0 Å². The molecule has 0 N–H and O–H groups in total. The van der Waals surface area contributed by atoms with Crippen LogP contribution in [0.5, 0.6) is 5.75 Å². The van der Waals surface area contributed by atoms with Crippen molar-refractivity contribution in [2.75, 3.05) is 33.4 Å². The van der Waals surface area contributed by atoms with E-state index in [1.807, 2.05) is 24.3 Å². The van der Waals surface area contributed by atoms with E-state index < -0.39 is 9.84 Å². The summed E-state index contributed by atoms with van der Waals surface area (Å²) in [4.78, 5) is 15.3. The van der Waals surface area contributed by atoms with Crippen molar-refractivity contribution in [1.82, 2.24) is 14.7 Å². The van der Waals surface area contributed by atoms with Crippen LogP contribution in [0, 0.1) is 0 Å². The highest BCUT2D eigenvalue weighted by Crippen LogP contribution is 2.40. The van der Waals surface area contributed by atoms with Crippen molar-refractivity contribution >= 4 is 15.7 Å². The lowest BCUT2D eigenvalue weighted by atomic mass is 10.0. The highest BCUT2D eigenvalue weighted by Gasteiger charge is 2.36. The van der Waals surface area contributed by atoms with Crippen LogP contribution in [0.4, 0.5) is 0 Å². The number of carbonyl (C=O) groups excluding carboxylic acids is 1. The molecule has 9 heteroatoms. The van der Waals surface area contributed by atoms with Gasteiger partial charge in [0.15, 0.2) is 15.5 Å². The third kappa shape index (κ3) is 3.57. The second-order valence-corrected chi connectivity index (χ2v) is 9.80. The first-order valence-electron chi connectivity index (χ1n) is 10.4. The predicted molar refractivity (Wildman–Crippen MR) is 117 cm³/mol. The van der Waals surface area contributed by atoms with Crippen LogP contribution >= 0.6 is 0 Å². The zero-order valence-corrected chi connectivity index (χ0v) is 18.5. The first kappa shape index (κ1) is 20.7. The molecular formula is C23H23N3O5S. The Labute approximate surface area is 186 Å². The Morgan fingerprint density at radius 3 is 2.69 bits per heavy atom. The van der Waals surface area contributed by atoms with Gasteiger partial charge in [0, 0.05) is 24.2 Å². The maximum atomic E-state index is 13.3. The van der Waals surface area contributed by atoms with Crippen LogP contribution in [0.2, 0.25) is 0 Å². The van der Waals surface area contributed by atoms with Gasteiger partial charge in [-0.1, -0.05) is 30.3 Å². The summed E-state index contributed by atoms with van der Waals surface area (Å²) in [5.74, 6) is 0.211. The fraction of sp³-hybridized carbons (Fsp3) is 0.304. The van der Waals surface area contributed by atoms with E-state index in [1.54, 1.807) is 41.0 Å². The fourth-order valence-electron chi connectivity index (χ4n) is 4.28. The molecule has 0 unspecified atom stereocenters. The van der Waals surface area contributed by atoms with E-state index in [9.17, 15) is 13.2 Å². The summed E-state index contributed by atoms with van der Waals surface area (Å²) in [7, 11) is -1.97. The SMILES string of the molecule is COc1cccc(Cn2nc(C(=O)N3CCOCC3)c3c2-c2ccccc2S(=O)(=O)C3)c1. The van der Waals surface area contributed by atoms with E-state index in [2.05, 4.69) is 5.10 Å². The first-order chi connectivity index (χ1) is 15.5. The zero-order chi connectivity index (χ0) is 22.3. The lowest BCUT2D eigenvalue weighted by molar-refractivity contribution is 0.0298. The van der Waals surface area contributed by atoms with Crippen molar-refractivity contribution in [3.8, 4) is 17.0 Å². The van der Waals surface area contributed by atoms with Crippen LogP contribution in [-0.2, 0) is 26.9 Å². The number of methoxy groups -OCH3 is 1. The number of nitrogens with zero attached hydrogens (tertiary/aromatic N) is 3. The number of amides is 1. The Morgan fingerprint density at radius 1 is 1.12 bits per heavy atom. The molecule has 0 saturated carbocycles. The largest absolute Gasteiger partial charge is 0.497 e. The number of morpholine rings is 1. The maximum absolute atomic E-state index is 13.3. The lowest BCUT2D eigenvalue weighted by Gasteiger charge is -2.26. The number of sulfone groups is 1. The standard InChI is InChI=1S/C23H23N3O5S/c1-30-17-6-4-5-16(13-17)14-26-22-18-7-2-3-8-20(18)32(28,29)15-19(22)21(24-26)23(27)25-9-11-31-12-10-25/h2-8,13H,9-12,14-15H2,1H3. The van der Waals surface area contributed by atoms with Gasteiger partial charge in [-0.25, -0.2) is 8.42 Å². The van der Waals surface area contributed by atoms with E-state index in [0.29, 0.717) is 49.7 Å². The molecule has 2 aliphatic rings. The number of carbonyl (C=O) groups is 1. The smallest absolute Gasteiger partial charge is 0.274 e. The Kier molecular flexibility index (Phi) is 5.22. The van der Waals surface area contributed by atoms with Gasteiger partial charge >= 0.3 is 0 Å². The number of fused-ring (bicyclic) bond motifs is 3. The minimum absolute atomic E-state index is 0.197. The molecule has 0 bridgehead atoms. The summed E-state index contributed by atoms with van der Waals surface area (Å²) >= 11 is 0. The molecular weight excluding hydrogens is 430 g/mol. The van der Waals surface area contributed by atoms with Gasteiger partial charge in [-0.3, -0.25) is 9.48 Å². The van der Waals surface area contributed by atoms with Crippen molar-refractivity contribution in [1.29, 1.82) is 0 Å². The molecule has 2 aromatic carbocycles. The topological polar surface area (TPSA) is 90.7 Å². The number of aromatic nitrogens is 2. The third-order valence-electron chi connectivity index (χ3n) is 5.83. The number of ether oxygens (including phenoxy) is 2. The Hall–Kier alpha value is -3.17. The Balaban J connectivity index is 1.66. The summed E-state index contributed by atoms with van der Waals surface area (Å²) in [5.41, 5.74) is 2.84. The molecule has 0 aliphatic carbocycles. The molecule has 166 valence electrons. The number of hydrogen-bond acceptors (Lipinski definition) is 6. The molecule has 1 fully saturated rings. The second-order valence-electron chi connectivity index (χ2n) is 7.84. The minimum Gasteiger partial charge on any atom is -0.497 e. The first-order valence-corrected chi connectivity index (χ1v) is 12.0. The van der Waals surface area contributed by atoms with Gasteiger partial charge in [0.25, 0.3) is 5.91 Å². The number of benzene rings is 2. The van der Waals surface area contributed by atoms with Crippen LogP contribution in [0.15, 0.2) is 53.4 Å². The maximum Gasteiger partial charge on any atom is 0.274 e. The predicted octanol–water partition coefficient (Wildman–Crippen LogP) is 2.37. The highest BCUT2D eigenvalue weighted by molar-refractivity contribution is 7.90. The van der Waals surface area contributed by atoms with Crippen molar-refractivity contribution in [3.05, 3.63) is 65.4 Å². The van der Waals surface area contributed by atoms with Crippen molar-refractivity contribution in [2.45, 2.75) is 17.2 Å². The van der Waals surface area contributed by atoms with Gasteiger partial charge in [-0.05, 0) is 23.8 Å². The summed E-state index contributed by atoms with van der Waals surface area (Å²) in [6.45, 7) is 2.21. The lowest BCUT2D eigenvalue weighted by Crippen LogP contribution is -2.41. The van der Waals surface area contributed by atoms with Crippen LogP contribution in [0.25, 0.3) is 11.3 Å². The Bertz CT molecular complexity index is 1290. The normalized spacial score (nSPS) is 16.8. The number of hydrogen-bond donors (Lipinski definition) is 0. The molecule has 1 saturated heterocycles. The van der Waals surface area contributed by atoms with Crippen LogP contribution in [-0.4, -0.2) is 62.4 Å². The molecule has 2 aliphatic heterocycles. The Morgan fingerprint density at radius 2 is 1.91 bits per heavy atom. The molecule has 3 heterocycles. The van der Waals surface area contributed by atoms with E-state index in [1.165, 1.54) is 0 Å². The molecule has 3 aromatic rings.